The van der Waals surface area contributed by atoms with Crippen molar-refractivity contribution in [2.45, 2.75) is 26.2 Å². The topological polar surface area (TPSA) is 107 Å². The van der Waals surface area contributed by atoms with E-state index in [1.165, 1.54) is 13.2 Å². The van der Waals surface area contributed by atoms with E-state index in [-0.39, 0.29) is 22.4 Å². The summed E-state index contributed by atoms with van der Waals surface area (Å²) in [6, 6.07) is 2.96. The van der Waals surface area contributed by atoms with E-state index >= 15 is 0 Å². The monoisotopic (exact) mass is 267 g/mol. The molecule has 0 saturated carbocycles. The molecule has 0 radical (unpaired) electrons. The van der Waals surface area contributed by atoms with Crippen molar-refractivity contribution in [3.8, 4) is 5.75 Å². The Labute approximate surface area is 110 Å². The van der Waals surface area contributed by atoms with Gasteiger partial charge in [0.25, 0.3) is 5.91 Å². The molecule has 0 aliphatic carbocycles. The molecule has 1 rings (SSSR count). The summed E-state index contributed by atoms with van der Waals surface area (Å²) in [4.78, 5) is 22.2. The summed E-state index contributed by atoms with van der Waals surface area (Å²) in [5, 5.41) is 11.1. The van der Waals surface area contributed by atoms with Crippen LogP contribution in [0.4, 0.5) is 5.69 Å². The van der Waals surface area contributed by atoms with Gasteiger partial charge in [-0.15, -0.1) is 0 Å². The largest absolute Gasteiger partial charge is 0.490 e. The molecule has 0 aliphatic heterocycles. The zero-order valence-corrected chi connectivity index (χ0v) is 11.3. The third kappa shape index (κ3) is 3.00. The number of carbonyl (C=O) groups excluding carboxylic acids is 1. The number of nitrogen functional groups attached to an aromatic ring is 1. The van der Waals surface area contributed by atoms with Gasteiger partial charge in [-0.1, -0.05) is 20.8 Å². The molecule has 0 fully saturated rings. The van der Waals surface area contributed by atoms with Crippen molar-refractivity contribution in [3.63, 3.8) is 0 Å². The van der Waals surface area contributed by atoms with Gasteiger partial charge < -0.3 is 4.74 Å². The Hall–Kier alpha value is -2.15. The van der Waals surface area contributed by atoms with Gasteiger partial charge in [0.05, 0.1) is 17.6 Å². The second-order valence-corrected chi connectivity index (χ2v) is 5.06. The van der Waals surface area contributed by atoms with Gasteiger partial charge in [0.1, 0.15) is 0 Å². The highest BCUT2D eigenvalue weighted by atomic mass is 16.6. The maximum atomic E-state index is 11.7. The summed E-state index contributed by atoms with van der Waals surface area (Å²) < 4.78 is 4.97. The van der Waals surface area contributed by atoms with Gasteiger partial charge in [0.2, 0.25) is 5.75 Å². The van der Waals surface area contributed by atoms with Crippen LogP contribution in [0.5, 0.6) is 5.75 Å². The smallest absolute Gasteiger partial charge is 0.312 e. The molecule has 0 bridgehead atoms. The number of hydrogen-bond acceptors (Lipinski definition) is 5. The van der Waals surface area contributed by atoms with Crippen molar-refractivity contribution >= 4 is 11.6 Å². The molecule has 0 aromatic heterocycles. The Bertz CT molecular complexity index is 520. The first-order valence-corrected chi connectivity index (χ1v) is 5.60. The van der Waals surface area contributed by atoms with Crippen LogP contribution in [0.15, 0.2) is 12.1 Å². The van der Waals surface area contributed by atoms with Crippen LogP contribution in [0.25, 0.3) is 0 Å². The lowest BCUT2D eigenvalue weighted by Gasteiger charge is -2.20. The first-order valence-electron chi connectivity index (χ1n) is 5.60. The van der Waals surface area contributed by atoms with Crippen LogP contribution in [0.3, 0.4) is 0 Å². The van der Waals surface area contributed by atoms with Crippen LogP contribution >= 0.6 is 0 Å². The molecule has 3 N–H and O–H groups in total. The fraction of sp³-hybridized carbons (Fsp3) is 0.417. The summed E-state index contributed by atoms with van der Waals surface area (Å²) in [6.45, 7) is 5.67. The highest BCUT2D eigenvalue weighted by molar-refractivity contribution is 5.98. The van der Waals surface area contributed by atoms with Crippen LogP contribution in [0.1, 0.15) is 36.7 Å². The van der Waals surface area contributed by atoms with Gasteiger partial charge in [-0.25, -0.2) is 5.84 Å². The number of methoxy groups -OCH3 is 1. The van der Waals surface area contributed by atoms with Crippen LogP contribution in [0, 0.1) is 10.1 Å². The van der Waals surface area contributed by atoms with E-state index in [2.05, 4.69) is 0 Å². The van der Waals surface area contributed by atoms with E-state index in [9.17, 15) is 14.9 Å². The molecule has 0 aliphatic rings. The predicted molar refractivity (Wildman–Crippen MR) is 70.0 cm³/mol. The Balaban J connectivity index is 3.64. The van der Waals surface area contributed by atoms with Gasteiger partial charge >= 0.3 is 5.69 Å². The number of nitrogens with two attached hydrogens (primary N) is 1. The molecular formula is C12H17N3O4. The number of hydrazine groups is 1. The van der Waals surface area contributed by atoms with E-state index in [0.29, 0.717) is 5.56 Å². The number of carbonyl (C=O) groups is 1. The highest BCUT2D eigenvalue weighted by Gasteiger charge is 2.27. The fourth-order valence-electron chi connectivity index (χ4n) is 1.64. The van der Waals surface area contributed by atoms with Crippen molar-refractivity contribution in [2.24, 2.45) is 5.84 Å². The average Bonchev–Trinajstić information content (AvgIpc) is 2.34. The van der Waals surface area contributed by atoms with E-state index in [1.54, 1.807) is 6.07 Å². The summed E-state index contributed by atoms with van der Waals surface area (Å²) in [5.41, 5.74) is 2.05. The molecule has 0 unspecified atom stereocenters. The Morgan fingerprint density at radius 1 is 1.42 bits per heavy atom. The van der Waals surface area contributed by atoms with Crippen molar-refractivity contribution < 1.29 is 14.5 Å². The summed E-state index contributed by atoms with van der Waals surface area (Å²) in [7, 11) is 1.27. The normalized spacial score (nSPS) is 11.0. The lowest BCUT2D eigenvalue weighted by Crippen LogP contribution is -2.31. The molecule has 104 valence electrons. The quantitative estimate of drug-likeness (QED) is 0.373. The predicted octanol–water partition coefficient (Wildman–Crippen LogP) is 1.50. The third-order valence-electron chi connectivity index (χ3n) is 2.71. The summed E-state index contributed by atoms with van der Waals surface area (Å²) in [5.74, 6) is 4.36. The Kier molecular flexibility index (Phi) is 4.10. The minimum absolute atomic E-state index is 0.0455. The highest BCUT2D eigenvalue weighted by Crippen LogP contribution is 2.36. The Morgan fingerprint density at radius 3 is 2.37 bits per heavy atom. The first-order chi connectivity index (χ1) is 8.72. The average molecular weight is 267 g/mol. The van der Waals surface area contributed by atoms with E-state index in [4.69, 9.17) is 10.6 Å². The van der Waals surface area contributed by atoms with E-state index in [1.807, 2.05) is 26.2 Å². The molecule has 1 amide bonds. The number of nitro groups is 1. The number of nitro benzene ring substituents is 1. The molecule has 7 heteroatoms. The molecule has 1 aromatic carbocycles. The number of nitrogens with zero attached hydrogens (tertiary/aromatic N) is 1. The number of benzene rings is 1. The minimum atomic E-state index is -0.633. The van der Waals surface area contributed by atoms with Gasteiger partial charge in [-0.05, 0) is 17.0 Å². The molecular weight excluding hydrogens is 250 g/mol. The maximum Gasteiger partial charge on any atom is 0.312 e. The molecule has 0 heterocycles. The van der Waals surface area contributed by atoms with Gasteiger partial charge in [-0.3, -0.25) is 20.3 Å². The third-order valence-corrected chi connectivity index (χ3v) is 2.71. The second kappa shape index (κ2) is 5.23. The van der Waals surface area contributed by atoms with Crippen molar-refractivity contribution in [1.29, 1.82) is 0 Å². The number of ether oxygens (including phenoxy) is 1. The lowest BCUT2D eigenvalue weighted by molar-refractivity contribution is -0.385. The van der Waals surface area contributed by atoms with Crippen molar-refractivity contribution in [3.05, 3.63) is 33.4 Å². The van der Waals surface area contributed by atoms with E-state index < -0.39 is 10.8 Å². The van der Waals surface area contributed by atoms with Gasteiger partial charge in [-0.2, -0.15) is 0 Å². The molecule has 7 nitrogen and oxygen atoms in total. The number of rotatable bonds is 3. The van der Waals surface area contributed by atoms with E-state index in [0.717, 1.165) is 0 Å². The van der Waals surface area contributed by atoms with Gasteiger partial charge in [0.15, 0.2) is 0 Å². The molecule has 19 heavy (non-hydrogen) atoms. The second-order valence-electron chi connectivity index (χ2n) is 5.06. The van der Waals surface area contributed by atoms with Crippen LogP contribution in [0.2, 0.25) is 0 Å². The zero-order valence-electron chi connectivity index (χ0n) is 11.3. The number of amides is 1. The van der Waals surface area contributed by atoms with Crippen LogP contribution in [-0.2, 0) is 5.41 Å². The Morgan fingerprint density at radius 2 is 2.00 bits per heavy atom. The summed E-state index contributed by atoms with van der Waals surface area (Å²) >= 11 is 0. The van der Waals surface area contributed by atoms with Crippen LogP contribution < -0.4 is 16.0 Å². The fourth-order valence-corrected chi connectivity index (χ4v) is 1.64. The zero-order chi connectivity index (χ0) is 14.8. The van der Waals surface area contributed by atoms with Gasteiger partial charge in [0, 0.05) is 6.07 Å². The van der Waals surface area contributed by atoms with Crippen LogP contribution in [-0.4, -0.2) is 17.9 Å². The standard InChI is InChI=1S/C12H17N3O4/c1-12(2,3)7-5-8(11(16)14-13)10(19-4)9(6-7)15(17)18/h5-6H,13H2,1-4H3,(H,14,16). The number of hydrogen-bond donors (Lipinski definition) is 2. The maximum absolute atomic E-state index is 11.7. The molecule has 0 saturated heterocycles. The minimum Gasteiger partial charge on any atom is -0.490 e. The molecule has 1 aromatic rings. The lowest BCUT2D eigenvalue weighted by atomic mass is 9.85. The summed E-state index contributed by atoms with van der Waals surface area (Å²) in [6.07, 6.45) is 0. The number of nitrogens with one attached hydrogen (secondary N) is 1. The van der Waals surface area contributed by atoms with Crippen molar-refractivity contribution in [2.75, 3.05) is 7.11 Å². The molecule has 0 spiro atoms. The SMILES string of the molecule is COc1c(C(=O)NN)cc(C(C)(C)C)cc1[N+](=O)[O-]. The van der Waals surface area contributed by atoms with Crippen molar-refractivity contribution in [1.82, 2.24) is 5.43 Å². The first kappa shape index (κ1) is 14.9. The molecule has 0 atom stereocenters.